The Labute approximate surface area is 198 Å². The van der Waals surface area contributed by atoms with Gasteiger partial charge in [0.1, 0.15) is 12.3 Å². The molecule has 0 radical (unpaired) electrons. The molecule has 12 nitrogen and oxygen atoms in total. The Balaban J connectivity index is 2.76. The lowest BCUT2D eigenvalue weighted by atomic mass is 9.89. The monoisotopic (exact) mass is 484 g/mol. The van der Waals surface area contributed by atoms with Crippen LogP contribution in [0.3, 0.4) is 0 Å². The summed E-state index contributed by atoms with van der Waals surface area (Å²) in [6.07, 6.45) is -0.748. The average molecular weight is 485 g/mol. The second kappa shape index (κ2) is 14.4. The number of primary amides is 1. The molecule has 34 heavy (non-hydrogen) atoms. The molecule has 1 aliphatic rings. The van der Waals surface area contributed by atoms with Gasteiger partial charge in [-0.25, -0.2) is 0 Å². The van der Waals surface area contributed by atoms with Gasteiger partial charge in [-0.05, 0) is 25.2 Å². The largest absolute Gasteiger partial charge is 0.480 e. The summed E-state index contributed by atoms with van der Waals surface area (Å²) in [5.74, 6) is -4.50. The first-order valence-electron chi connectivity index (χ1n) is 11.4. The van der Waals surface area contributed by atoms with E-state index in [9.17, 15) is 33.9 Å². The molecule has 0 aliphatic carbocycles. The molecule has 1 heterocycles. The van der Waals surface area contributed by atoms with E-state index in [0.29, 0.717) is 13.0 Å². The van der Waals surface area contributed by atoms with Crippen LogP contribution in [0.25, 0.3) is 0 Å². The van der Waals surface area contributed by atoms with Crippen LogP contribution in [0.15, 0.2) is 0 Å². The number of nitrogens with one attached hydrogen (secondary N) is 3. The average Bonchev–Trinajstić information content (AvgIpc) is 3.18. The van der Waals surface area contributed by atoms with Crippen molar-refractivity contribution in [2.45, 2.75) is 77.0 Å². The van der Waals surface area contributed by atoms with Crippen LogP contribution < -0.4 is 21.7 Å². The normalized spacial score (nSPS) is 19.3. The molecule has 1 fully saturated rings. The Kier molecular flexibility index (Phi) is 12.4. The van der Waals surface area contributed by atoms with Gasteiger partial charge in [-0.3, -0.25) is 28.8 Å². The number of hydrogen-bond donors (Lipinski definition) is 6. The number of aliphatic hydroxyl groups is 1. The molecule has 0 bridgehead atoms. The van der Waals surface area contributed by atoms with E-state index in [4.69, 9.17) is 10.8 Å². The van der Waals surface area contributed by atoms with Gasteiger partial charge >= 0.3 is 5.97 Å². The smallest absolute Gasteiger partial charge is 0.322 e. The van der Waals surface area contributed by atoms with Gasteiger partial charge in [0.2, 0.25) is 17.7 Å². The van der Waals surface area contributed by atoms with E-state index >= 15 is 0 Å². The number of carboxylic acid groups (broad SMARTS) is 1. The number of amides is 3. The third-order valence-electron chi connectivity index (χ3n) is 5.49. The summed E-state index contributed by atoms with van der Waals surface area (Å²) in [4.78, 5) is 71.9. The summed E-state index contributed by atoms with van der Waals surface area (Å²) in [6.45, 7) is 3.43. The van der Waals surface area contributed by atoms with Crippen LogP contribution in [0.4, 0.5) is 0 Å². The minimum absolute atomic E-state index is 0.0424. The zero-order valence-electron chi connectivity index (χ0n) is 19.7. The number of aliphatic hydroxyl groups excluding tert-OH is 1. The summed E-state index contributed by atoms with van der Waals surface area (Å²) < 4.78 is 0. The van der Waals surface area contributed by atoms with Crippen molar-refractivity contribution in [2.24, 2.45) is 17.6 Å². The van der Waals surface area contributed by atoms with Gasteiger partial charge in [0.15, 0.2) is 5.78 Å². The van der Waals surface area contributed by atoms with E-state index in [0.717, 1.165) is 0 Å². The third-order valence-corrected chi connectivity index (χ3v) is 5.49. The highest BCUT2D eigenvalue weighted by Gasteiger charge is 2.30. The summed E-state index contributed by atoms with van der Waals surface area (Å²) in [5.41, 5.74) is 5.18. The van der Waals surface area contributed by atoms with Gasteiger partial charge < -0.3 is 31.9 Å². The summed E-state index contributed by atoms with van der Waals surface area (Å²) in [5, 5.41) is 26.0. The first kappa shape index (κ1) is 29.2. The van der Waals surface area contributed by atoms with Crippen LogP contribution in [-0.4, -0.2) is 76.7 Å². The highest BCUT2D eigenvalue weighted by atomic mass is 16.4. The number of ketones is 2. The Bertz CT molecular complexity index is 770. The Hall–Kier alpha value is -2.86. The van der Waals surface area contributed by atoms with Crippen LogP contribution in [0.2, 0.25) is 0 Å². The van der Waals surface area contributed by atoms with Crippen molar-refractivity contribution in [1.29, 1.82) is 0 Å². The molecular weight excluding hydrogens is 448 g/mol. The molecule has 0 spiro atoms. The van der Waals surface area contributed by atoms with Gasteiger partial charge in [-0.15, -0.1) is 0 Å². The lowest BCUT2D eigenvalue weighted by Crippen LogP contribution is -2.44. The molecule has 12 heteroatoms. The zero-order chi connectivity index (χ0) is 25.8. The van der Waals surface area contributed by atoms with Crippen LogP contribution in [0.1, 0.15) is 58.8 Å². The number of β-amino-alcohol motifs (C(OH)–C–C–N with tert-alkyl or cyclic N) is 1. The first-order valence-corrected chi connectivity index (χ1v) is 11.4. The number of nitrogens with two attached hydrogens (primary N) is 1. The Morgan fingerprint density at radius 1 is 1.09 bits per heavy atom. The molecule has 0 aromatic carbocycles. The van der Waals surface area contributed by atoms with Gasteiger partial charge in [0.25, 0.3) is 0 Å². The number of Topliss-reactive ketones (excluding diaryl/α,β-unsaturated/α-hetero) is 2. The van der Waals surface area contributed by atoms with Crippen LogP contribution in [0, 0.1) is 11.8 Å². The lowest BCUT2D eigenvalue weighted by Gasteiger charge is -2.22. The van der Waals surface area contributed by atoms with Crippen molar-refractivity contribution in [1.82, 2.24) is 16.0 Å². The molecule has 1 aliphatic heterocycles. The minimum atomic E-state index is -1.22. The van der Waals surface area contributed by atoms with Gasteiger partial charge in [0.05, 0.1) is 18.2 Å². The van der Waals surface area contributed by atoms with Gasteiger partial charge in [-0.1, -0.05) is 13.8 Å². The first-order chi connectivity index (χ1) is 15.9. The van der Waals surface area contributed by atoms with Crippen LogP contribution in [0.5, 0.6) is 0 Å². The molecular formula is C22H36N4O8. The third kappa shape index (κ3) is 11.3. The Morgan fingerprint density at radius 3 is 2.29 bits per heavy atom. The lowest BCUT2D eigenvalue weighted by molar-refractivity contribution is -0.139. The van der Waals surface area contributed by atoms with Crippen molar-refractivity contribution in [3.05, 3.63) is 0 Å². The van der Waals surface area contributed by atoms with Crippen molar-refractivity contribution < 1.29 is 39.0 Å². The molecule has 7 N–H and O–H groups in total. The van der Waals surface area contributed by atoms with E-state index < -0.39 is 60.1 Å². The van der Waals surface area contributed by atoms with Crippen molar-refractivity contribution in [3.63, 3.8) is 0 Å². The quantitative estimate of drug-likeness (QED) is 0.153. The predicted octanol–water partition coefficient (Wildman–Crippen LogP) is -1.37. The zero-order valence-corrected chi connectivity index (χ0v) is 19.7. The number of hydrogen-bond acceptors (Lipinski definition) is 8. The van der Waals surface area contributed by atoms with E-state index in [2.05, 4.69) is 16.0 Å². The van der Waals surface area contributed by atoms with Crippen molar-refractivity contribution >= 4 is 35.3 Å². The number of carbonyl (C=O) groups excluding carboxylic acids is 5. The number of rotatable bonds is 16. The van der Waals surface area contributed by atoms with Gasteiger partial charge in [0, 0.05) is 38.1 Å². The summed E-state index contributed by atoms with van der Waals surface area (Å²) in [7, 11) is 0. The molecule has 4 atom stereocenters. The number of aliphatic carboxylic acids is 1. The van der Waals surface area contributed by atoms with E-state index in [-0.39, 0.29) is 50.2 Å². The minimum Gasteiger partial charge on any atom is -0.480 e. The number of carbonyl (C=O) groups is 6. The molecule has 0 unspecified atom stereocenters. The fourth-order valence-corrected chi connectivity index (χ4v) is 3.78. The van der Waals surface area contributed by atoms with E-state index in [1.807, 2.05) is 13.8 Å². The molecule has 1 rings (SSSR count). The predicted molar refractivity (Wildman–Crippen MR) is 120 cm³/mol. The highest BCUT2D eigenvalue weighted by molar-refractivity contribution is 5.94. The maximum atomic E-state index is 12.9. The molecule has 0 saturated carbocycles. The SMILES string of the molecule is CC(C)C[C@@H](CC(=O)[C@H](CCC(N)=O)NC(=O)CCC(=O)[C@@H]1C[C@@H](O)CN1)C(=O)NCC(=O)O. The second-order valence-corrected chi connectivity index (χ2v) is 9.05. The van der Waals surface area contributed by atoms with Crippen LogP contribution in [-0.2, 0) is 28.8 Å². The van der Waals surface area contributed by atoms with Crippen molar-refractivity contribution in [3.8, 4) is 0 Å². The standard InChI is InChI=1S/C22H36N4O8/c1-12(2)7-13(22(34)25-11-21(32)33)8-18(29)15(3-5-19(23)30)26-20(31)6-4-17(28)16-9-14(27)10-24-16/h12-16,24,27H,3-11H2,1-2H3,(H2,23,30)(H,25,34)(H,26,31)(H,32,33)/t13-,14+,15-,16-/m0/s1. The fraction of sp³-hybridized carbons (Fsp3) is 0.727. The Morgan fingerprint density at radius 2 is 1.76 bits per heavy atom. The van der Waals surface area contributed by atoms with E-state index in [1.165, 1.54) is 0 Å². The maximum Gasteiger partial charge on any atom is 0.322 e. The van der Waals surface area contributed by atoms with Gasteiger partial charge in [-0.2, -0.15) is 0 Å². The molecule has 0 aromatic heterocycles. The maximum absolute atomic E-state index is 12.9. The van der Waals surface area contributed by atoms with Crippen molar-refractivity contribution in [2.75, 3.05) is 13.1 Å². The fourth-order valence-electron chi connectivity index (χ4n) is 3.78. The molecule has 192 valence electrons. The highest BCUT2D eigenvalue weighted by Crippen LogP contribution is 2.18. The topological polar surface area (TPSA) is 205 Å². The number of carboxylic acids is 1. The molecule has 3 amide bonds. The molecule has 0 aromatic rings. The summed E-state index contributed by atoms with van der Waals surface area (Å²) >= 11 is 0. The van der Waals surface area contributed by atoms with E-state index in [1.54, 1.807) is 0 Å². The second-order valence-electron chi connectivity index (χ2n) is 9.05. The van der Waals surface area contributed by atoms with Crippen LogP contribution >= 0.6 is 0 Å². The summed E-state index contributed by atoms with van der Waals surface area (Å²) in [6, 6.07) is -1.60. The molecule has 1 saturated heterocycles.